The van der Waals surface area contributed by atoms with E-state index in [0.717, 1.165) is 11.8 Å². The van der Waals surface area contributed by atoms with Gasteiger partial charge in [0.15, 0.2) is 0 Å². The smallest absolute Gasteiger partial charge is 0.304 e. The van der Waals surface area contributed by atoms with Gasteiger partial charge in [0.1, 0.15) is 6.29 Å². The summed E-state index contributed by atoms with van der Waals surface area (Å²) in [5, 5.41) is 8.54. The Labute approximate surface area is 94.5 Å². The van der Waals surface area contributed by atoms with Crippen molar-refractivity contribution >= 4 is 12.3 Å². The maximum absolute atomic E-state index is 10.6. The molecule has 4 nitrogen and oxygen atoms in total. The van der Waals surface area contributed by atoms with E-state index in [2.05, 4.69) is 0 Å². The fourth-order valence-electron chi connectivity index (χ4n) is 1.44. The van der Waals surface area contributed by atoms with E-state index >= 15 is 0 Å². The van der Waals surface area contributed by atoms with E-state index in [0.29, 0.717) is 18.7 Å². The van der Waals surface area contributed by atoms with Crippen LogP contribution in [0.1, 0.15) is 22.3 Å². The van der Waals surface area contributed by atoms with Crippen LogP contribution in [0.25, 0.3) is 0 Å². The molecule has 1 aromatic rings. The molecule has 0 saturated heterocycles. The lowest BCUT2D eigenvalue weighted by molar-refractivity contribution is -0.137. The lowest BCUT2D eigenvalue weighted by Gasteiger charge is -2.15. The number of carbonyl (C=O) groups excluding carboxylic acids is 1. The molecule has 1 aromatic carbocycles. The zero-order valence-electron chi connectivity index (χ0n) is 9.22. The van der Waals surface area contributed by atoms with Crippen LogP contribution in [0, 0.1) is 0 Å². The minimum Gasteiger partial charge on any atom is -0.481 e. The van der Waals surface area contributed by atoms with Crippen molar-refractivity contribution in [3.05, 3.63) is 35.4 Å². The molecule has 86 valence electrons. The highest BCUT2D eigenvalue weighted by atomic mass is 16.4. The summed E-state index contributed by atoms with van der Waals surface area (Å²) in [7, 11) is 1.86. The first-order valence-electron chi connectivity index (χ1n) is 5.06. The van der Waals surface area contributed by atoms with Crippen molar-refractivity contribution in [2.24, 2.45) is 0 Å². The SMILES string of the molecule is CN(CCC(=O)O)Cc1cccc(C=O)c1. The number of carboxylic acids is 1. The lowest BCUT2D eigenvalue weighted by atomic mass is 10.1. The molecule has 0 amide bonds. The summed E-state index contributed by atoms with van der Waals surface area (Å²) < 4.78 is 0. The van der Waals surface area contributed by atoms with E-state index in [1.165, 1.54) is 0 Å². The Morgan fingerprint density at radius 1 is 1.50 bits per heavy atom. The van der Waals surface area contributed by atoms with Crippen LogP contribution >= 0.6 is 0 Å². The molecule has 0 bridgehead atoms. The first kappa shape index (κ1) is 12.4. The summed E-state index contributed by atoms with van der Waals surface area (Å²) in [6, 6.07) is 7.30. The second kappa shape index (κ2) is 6.02. The van der Waals surface area contributed by atoms with Gasteiger partial charge in [-0.3, -0.25) is 9.59 Å². The van der Waals surface area contributed by atoms with Gasteiger partial charge in [0, 0.05) is 18.7 Å². The van der Waals surface area contributed by atoms with Crippen molar-refractivity contribution in [1.29, 1.82) is 0 Å². The molecular weight excluding hydrogens is 206 g/mol. The van der Waals surface area contributed by atoms with Crippen molar-refractivity contribution < 1.29 is 14.7 Å². The lowest BCUT2D eigenvalue weighted by Crippen LogP contribution is -2.21. The molecule has 0 spiro atoms. The highest BCUT2D eigenvalue weighted by Gasteiger charge is 2.03. The van der Waals surface area contributed by atoms with E-state index < -0.39 is 5.97 Å². The maximum atomic E-state index is 10.6. The van der Waals surface area contributed by atoms with E-state index in [1.54, 1.807) is 6.07 Å². The summed E-state index contributed by atoms with van der Waals surface area (Å²) in [5.74, 6) is -0.798. The Balaban J connectivity index is 2.51. The molecule has 1 rings (SSSR count). The fourth-order valence-corrected chi connectivity index (χ4v) is 1.44. The number of aliphatic carboxylic acids is 1. The molecule has 4 heteroatoms. The number of rotatable bonds is 6. The summed E-state index contributed by atoms with van der Waals surface area (Å²) in [6.07, 6.45) is 0.935. The molecule has 0 radical (unpaired) electrons. The number of aldehydes is 1. The first-order valence-corrected chi connectivity index (χ1v) is 5.06. The first-order chi connectivity index (χ1) is 7.61. The van der Waals surface area contributed by atoms with Gasteiger partial charge >= 0.3 is 5.97 Å². The maximum Gasteiger partial charge on any atom is 0.304 e. The third kappa shape index (κ3) is 4.23. The number of carboxylic acid groups (broad SMARTS) is 1. The number of hydrogen-bond acceptors (Lipinski definition) is 3. The van der Waals surface area contributed by atoms with Crippen LogP contribution in [0.2, 0.25) is 0 Å². The summed E-state index contributed by atoms with van der Waals surface area (Å²) in [5.41, 5.74) is 1.65. The van der Waals surface area contributed by atoms with E-state index in [9.17, 15) is 9.59 Å². The Morgan fingerprint density at radius 2 is 2.25 bits per heavy atom. The normalized spacial score (nSPS) is 10.4. The number of hydrogen-bond donors (Lipinski definition) is 1. The standard InChI is InChI=1S/C12H15NO3/c1-13(6-5-12(15)16)8-10-3-2-4-11(7-10)9-14/h2-4,7,9H,5-6,8H2,1H3,(H,15,16). The minimum absolute atomic E-state index is 0.129. The van der Waals surface area contributed by atoms with Crippen LogP contribution in [0.4, 0.5) is 0 Å². The predicted molar refractivity (Wildman–Crippen MR) is 60.4 cm³/mol. The predicted octanol–water partition coefficient (Wildman–Crippen LogP) is 1.41. The van der Waals surface area contributed by atoms with Gasteiger partial charge in [0.05, 0.1) is 6.42 Å². The molecular formula is C12H15NO3. The van der Waals surface area contributed by atoms with E-state index in [1.807, 2.05) is 30.1 Å². The van der Waals surface area contributed by atoms with Gasteiger partial charge in [0.25, 0.3) is 0 Å². The molecule has 0 aliphatic rings. The largest absolute Gasteiger partial charge is 0.481 e. The van der Waals surface area contributed by atoms with Crippen LogP contribution in [-0.2, 0) is 11.3 Å². The molecule has 0 saturated carbocycles. The molecule has 0 aliphatic carbocycles. The van der Waals surface area contributed by atoms with Crippen LogP contribution < -0.4 is 0 Å². The van der Waals surface area contributed by atoms with Gasteiger partial charge in [-0.05, 0) is 18.7 Å². The van der Waals surface area contributed by atoms with Crippen LogP contribution in [-0.4, -0.2) is 35.9 Å². The fraction of sp³-hybridized carbons (Fsp3) is 0.333. The average Bonchev–Trinajstić information content (AvgIpc) is 2.26. The molecule has 0 aliphatic heterocycles. The van der Waals surface area contributed by atoms with Crippen molar-refractivity contribution in [3.8, 4) is 0 Å². The van der Waals surface area contributed by atoms with Crippen LogP contribution in [0.5, 0.6) is 0 Å². The quantitative estimate of drug-likeness (QED) is 0.738. The number of carbonyl (C=O) groups is 2. The summed E-state index contributed by atoms with van der Waals surface area (Å²) >= 11 is 0. The number of nitrogens with zero attached hydrogens (tertiary/aromatic N) is 1. The topological polar surface area (TPSA) is 57.6 Å². The van der Waals surface area contributed by atoms with Crippen LogP contribution in [0.15, 0.2) is 24.3 Å². The highest BCUT2D eigenvalue weighted by molar-refractivity contribution is 5.74. The molecule has 1 N–H and O–H groups in total. The van der Waals surface area contributed by atoms with Crippen molar-refractivity contribution in [2.45, 2.75) is 13.0 Å². The van der Waals surface area contributed by atoms with Crippen molar-refractivity contribution in [3.63, 3.8) is 0 Å². The molecule has 0 heterocycles. The van der Waals surface area contributed by atoms with E-state index in [-0.39, 0.29) is 6.42 Å². The third-order valence-electron chi connectivity index (χ3n) is 2.25. The van der Waals surface area contributed by atoms with E-state index in [4.69, 9.17) is 5.11 Å². The van der Waals surface area contributed by atoms with Gasteiger partial charge < -0.3 is 10.0 Å². The zero-order chi connectivity index (χ0) is 12.0. The molecule has 0 fully saturated rings. The third-order valence-corrected chi connectivity index (χ3v) is 2.25. The molecule has 16 heavy (non-hydrogen) atoms. The van der Waals surface area contributed by atoms with Crippen molar-refractivity contribution in [1.82, 2.24) is 4.90 Å². The average molecular weight is 221 g/mol. The van der Waals surface area contributed by atoms with Gasteiger partial charge in [-0.15, -0.1) is 0 Å². The van der Waals surface area contributed by atoms with Gasteiger partial charge in [-0.1, -0.05) is 18.2 Å². The summed E-state index contributed by atoms with van der Waals surface area (Å²) in [6.45, 7) is 1.15. The molecule has 0 atom stereocenters. The Kier molecular flexibility index (Phi) is 4.66. The molecule has 0 aromatic heterocycles. The van der Waals surface area contributed by atoms with Crippen molar-refractivity contribution in [2.75, 3.05) is 13.6 Å². The van der Waals surface area contributed by atoms with Gasteiger partial charge in [0.2, 0.25) is 0 Å². The van der Waals surface area contributed by atoms with Gasteiger partial charge in [-0.2, -0.15) is 0 Å². The summed E-state index contributed by atoms with van der Waals surface area (Å²) in [4.78, 5) is 22.9. The Hall–Kier alpha value is -1.68. The second-order valence-corrected chi connectivity index (χ2v) is 3.74. The van der Waals surface area contributed by atoms with Gasteiger partial charge in [-0.25, -0.2) is 0 Å². The molecule has 0 unspecified atom stereocenters. The Bertz CT molecular complexity index is 376. The van der Waals surface area contributed by atoms with Crippen LogP contribution in [0.3, 0.4) is 0 Å². The Morgan fingerprint density at radius 3 is 2.88 bits per heavy atom. The highest BCUT2D eigenvalue weighted by Crippen LogP contribution is 2.06. The zero-order valence-corrected chi connectivity index (χ0v) is 9.22. The number of benzene rings is 1. The second-order valence-electron chi connectivity index (χ2n) is 3.74. The minimum atomic E-state index is -0.798. The monoisotopic (exact) mass is 221 g/mol.